The van der Waals surface area contributed by atoms with Crippen molar-refractivity contribution >= 4 is 55.4 Å². The summed E-state index contributed by atoms with van der Waals surface area (Å²) in [5.74, 6) is -1.66. The van der Waals surface area contributed by atoms with Gasteiger partial charge in [-0.25, -0.2) is 18.2 Å². The Morgan fingerprint density at radius 1 is 1.09 bits per heavy atom. The van der Waals surface area contributed by atoms with Gasteiger partial charge in [0.2, 0.25) is 27.7 Å². The van der Waals surface area contributed by atoms with Crippen molar-refractivity contribution in [1.82, 2.24) is 35.2 Å². The predicted octanol–water partition coefficient (Wildman–Crippen LogP) is 5.56. The zero-order chi connectivity index (χ0) is 41.2. The lowest BCUT2D eigenvalue weighted by molar-refractivity contribution is -0.143. The molecule has 0 bridgehead atoms. The lowest BCUT2D eigenvalue weighted by Gasteiger charge is -2.35. The molecule has 0 radical (unpaired) electrons. The van der Waals surface area contributed by atoms with Crippen LogP contribution in [0.2, 0.25) is 0 Å². The van der Waals surface area contributed by atoms with E-state index < -0.39 is 80.4 Å². The average Bonchev–Trinajstić information content (AvgIpc) is 4.06. The van der Waals surface area contributed by atoms with Crippen molar-refractivity contribution in [2.75, 3.05) is 0 Å². The number of alkyl carbamates (subject to hydrolysis) is 1. The van der Waals surface area contributed by atoms with E-state index in [1.165, 1.54) is 16.2 Å². The van der Waals surface area contributed by atoms with Crippen LogP contribution in [0, 0.1) is 5.92 Å². The van der Waals surface area contributed by atoms with Crippen molar-refractivity contribution in [1.29, 1.82) is 0 Å². The third-order valence-electron chi connectivity index (χ3n) is 11.1. The molecule has 15 nitrogen and oxygen atoms in total. The summed E-state index contributed by atoms with van der Waals surface area (Å²) in [6, 6.07) is 4.51. The van der Waals surface area contributed by atoms with Gasteiger partial charge in [0.1, 0.15) is 39.7 Å². The number of nitrogens with zero attached hydrogens (tertiary/aromatic N) is 4. The van der Waals surface area contributed by atoms with E-state index >= 15 is 4.79 Å². The fourth-order valence-corrected chi connectivity index (χ4v) is 10.0. The van der Waals surface area contributed by atoms with Crippen molar-refractivity contribution in [2.24, 2.45) is 5.92 Å². The Hall–Kier alpha value is -4.64. The Kier molecular flexibility index (Phi) is 12.1. The van der Waals surface area contributed by atoms with Crippen molar-refractivity contribution in [3.63, 3.8) is 0 Å². The fraction of sp³-hybridized carbons (Fsp3) is 0.585. The number of carbonyl (C=O) groups excluding carboxylic acids is 4. The van der Waals surface area contributed by atoms with Gasteiger partial charge in [-0.3, -0.25) is 24.1 Å². The third-order valence-corrected chi connectivity index (χ3v) is 13.8. The number of nitrogens with one attached hydrogen (secondary N) is 3. The summed E-state index contributed by atoms with van der Waals surface area (Å²) in [5.41, 5.74) is -1.14. The first-order valence-corrected chi connectivity index (χ1v) is 22.8. The summed E-state index contributed by atoms with van der Waals surface area (Å²) in [6.45, 7) is 7.26. The molecule has 1 saturated heterocycles. The second-order valence-corrected chi connectivity index (χ2v) is 19.7. The van der Waals surface area contributed by atoms with Crippen LogP contribution in [-0.4, -0.2) is 92.7 Å². The van der Waals surface area contributed by atoms with E-state index in [4.69, 9.17) is 19.4 Å². The van der Waals surface area contributed by atoms with Crippen LogP contribution in [0.1, 0.15) is 105 Å². The summed E-state index contributed by atoms with van der Waals surface area (Å²) >= 11 is 1.41. The number of unbranched alkanes of at least 4 members (excludes halogenated alkanes) is 1. The van der Waals surface area contributed by atoms with E-state index in [1.807, 2.05) is 36.6 Å². The monoisotopic (exact) mass is 835 g/mol. The van der Waals surface area contributed by atoms with Gasteiger partial charge in [-0.05, 0) is 89.3 Å². The van der Waals surface area contributed by atoms with Gasteiger partial charge in [-0.15, -0.1) is 11.3 Å². The molecular weight excluding hydrogens is 783 g/mol. The lowest BCUT2D eigenvalue weighted by Crippen LogP contribution is -2.60. The highest BCUT2D eigenvalue weighted by atomic mass is 32.2. The van der Waals surface area contributed by atoms with Gasteiger partial charge in [0.05, 0.1) is 16.8 Å². The number of allylic oxidation sites excluding steroid dienone is 1. The molecule has 2 aliphatic heterocycles. The molecule has 0 spiro atoms. The standard InChI is InChI=1S/C41H53N7O8S2/c1-5-6-17-30-32(55-36-33-27(20-22-57-33)43-34(45-36)28-15-12-13-21-42-28)23-31-35(49)46-41(38(51)47-58(53,54)26-18-19-26)24-25(41)14-10-8-7-9-11-16-29(37(50)48(30)31)44-39(52)56-40(2,3)4/h10,12-15,20-22,25-26,29-32H,5-9,11,16-19,23-24H2,1-4H3,(H,44,52)(H,46,49)(H,47,51)/b14-10-/t25?,29?,30-,31?,32+,41?/m0/s1. The number of hydrogen-bond donors (Lipinski definition) is 3. The summed E-state index contributed by atoms with van der Waals surface area (Å²) in [5, 5.41) is 7.03. The molecule has 5 heterocycles. The van der Waals surface area contributed by atoms with E-state index in [0.29, 0.717) is 72.6 Å². The molecule has 17 heteroatoms. The van der Waals surface area contributed by atoms with Crippen molar-refractivity contribution in [2.45, 2.75) is 145 Å². The molecule has 7 rings (SSSR count). The number of fused-ring (bicyclic) bond motifs is 3. The minimum absolute atomic E-state index is 0.0412. The summed E-state index contributed by atoms with van der Waals surface area (Å²) in [6.07, 6.45) is 10.3. The minimum atomic E-state index is -3.92. The van der Waals surface area contributed by atoms with E-state index in [2.05, 4.69) is 20.3 Å². The third kappa shape index (κ3) is 9.30. The van der Waals surface area contributed by atoms with E-state index in [1.54, 1.807) is 39.1 Å². The Labute approximate surface area is 343 Å². The molecule has 4 aliphatic rings. The smallest absolute Gasteiger partial charge is 0.408 e. The first-order chi connectivity index (χ1) is 27.7. The van der Waals surface area contributed by atoms with Gasteiger partial charge >= 0.3 is 6.09 Å². The lowest BCUT2D eigenvalue weighted by atomic mass is 10.0. The number of sulfonamides is 1. The molecule has 4 unspecified atom stereocenters. The number of hydrogen-bond acceptors (Lipinski definition) is 12. The molecule has 2 saturated carbocycles. The van der Waals surface area contributed by atoms with Gasteiger partial charge in [-0.2, -0.15) is 4.98 Å². The molecule has 58 heavy (non-hydrogen) atoms. The Morgan fingerprint density at radius 3 is 2.62 bits per heavy atom. The summed E-state index contributed by atoms with van der Waals surface area (Å²) < 4.78 is 41.3. The minimum Gasteiger partial charge on any atom is -0.471 e. The number of rotatable bonds is 10. The zero-order valence-corrected chi connectivity index (χ0v) is 35.1. The van der Waals surface area contributed by atoms with E-state index in [-0.39, 0.29) is 12.8 Å². The molecule has 6 atom stereocenters. The van der Waals surface area contributed by atoms with Crippen molar-refractivity contribution in [3.8, 4) is 17.4 Å². The first kappa shape index (κ1) is 41.5. The molecule has 3 aromatic heterocycles. The maximum Gasteiger partial charge on any atom is 0.408 e. The SMILES string of the molecule is CCCC[C@H]1[C@H](Oc2nc(-c3ccccn3)nc3ccsc23)CC2C(=O)NC3(C(=O)NS(=O)(=O)C4CC4)CC3/C=C\CCCCCC(NC(=O)OC(C)(C)C)C(=O)N21. The van der Waals surface area contributed by atoms with E-state index in [9.17, 15) is 22.8 Å². The maximum absolute atomic E-state index is 15.1. The van der Waals surface area contributed by atoms with Crippen molar-refractivity contribution in [3.05, 3.63) is 48.0 Å². The van der Waals surface area contributed by atoms with Gasteiger partial charge in [-0.1, -0.05) is 50.8 Å². The highest BCUT2D eigenvalue weighted by molar-refractivity contribution is 7.91. The number of ether oxygens (including phenoxy) is 2. The van der Waals surface area contributed by atoms with Crippen LogP contribution >= 0.6 is 11.3 Å². The van der Waals surface area contributed by atoms with Crippen LogP contribution < -0.4 is 20.1 Å². The topological polar surface area (TPSA) is 199 Å². The number of aromatic nitrogens is 3. The molecule has 4 amide bonds. The highest BCUT2D eigenvalue weighted by Crippen LogP contribution is 2.46. The largest absolute Gasteiger partial charge is 0.471 e. The molecule has 0 aromatic carbocycles. The number of amides is 4. The summed E-state index contributed by atoms with van der Waals surface area (Å²) in [7, 11) is -3.92. The average molecular weight is 836 g/mol. The molecule has 312 valence electrons. The van der Waals surface area contributed by atoms with Gasteiger partial charge < -0.3 is 25.0 Å². The Balaban J connectivity index is 1.27. The van der Waals surface area contributed by atoms with Crippen LogP contribution in [0.5, 0.6) is 5.88 Å². The van der Waals surface area contributed by atoms with Crippen LogP contribution in [0.15, 0.2) is 48.0 Å². The molecule has 3 fully saturated rings. The molecule has 3 N–H and O–H groups in total. The second-order valence-electron chi connectivity index (χ2n) is 16.8. The normalized spacial score (nSPS) is 27.3. The second kappa shape index (κ2) is 16.9. The van der Waals surface area contributed by atoms with Gasteiger partial charge in [0, 0.05) is 18.5 Å². The van der Waals surface area contributed by atoms with Gasteiger partial charge in [0.25, 0.3) is 5.91 Å². The predicted molar refractivity (Wildman–Crippen MR) is 218 cm³/mol. The summed E-state index contributed by atoms with van der Waals surface area (Å²) in [4.78, 5) is 72.6. The Morgan fingerprint density at radius 2 is 1.90 bits per heavy atom. The Bertz CT molecular complexity index is 2150. The maximum atomic E-state index is 15.1. The first-order valence-electron chi connectivity index (χ1n) is 20.4. The van der Waals surface area contributed by atoms with Crippen LogP contribution in [-0.2, 0) is 29.1 Å². The molecular formula is C41H53N7O8S2. The number of carbonyl (C=O) groups is 4. The number of pyridine rings is 1. The zero-order valence-electron chi connectivity index (χ0n) is 33.4. The van der Waals surface area contributed by atoms with Crippen LogP contribution in [0.25, 0.3) is 21.7 Å². The van der Waals surface area contributed by atoms with E-state index in [0.717, 1.165) is 19.3 Å². The highest BCUT2D eigenvalue weighted by Gasteiger charge is 2.62. The molecule has 2 aliphatic carbocycles. The van der Waals surface area contributed by atoms with Crippen LogP contribution in [0.3, 0.4) is 0 Å². The van der Waals surface area contributed by atoms with Gasteiger partial charge in [0.15, 0.2) is 5.82 Å². The van der Waals surface area contributed by atoms with Crippen molar-refractivity contribution < 1.29 is 37.1 Å². The number of thiophene rings is 1. The fourth-order valence-electron chi connectivity index (χ4n) is 7.89. The van der Waals surface area contributed by atoms with Crippen LogP contribution in [0.4, 0.5) is 4.79 Å². The molecule has 3 aromatic rings. The quantitative estimate of drug-likeness (QED) is 0.216.